The van der Waals surface area contributed by atoms with Crippen LogP contribution in [0.2, 0.25) is 0 Å². The van der Waals surface area contributed by atoms with Crippen molar-refractivity contribution in [3.05, 3.63) is 65.2 Å². The predicted octanol–water partition coefficient (Wildman–Crippen LogP) is 3.86. The summed E-state index contributed by atoms with van der Waals surface area (Å²) in [6.45, 7) is 2.28. The fraction of sp³-hybridized carbons (Fsp3) is 0.188. The molecule has 0 spiro atoms. The summed E-state index contributed by atoms with van der Waals surface area (Å²) < 4.78 is 26.4. The molecule has 6 heteroatoms. The topological polar surface area (TPSA) is 50.4 Å². The first kappa shape index (κ1) is 18.3. The zero-order valence-electron chi connectivity index (χ0n) is 12.1. The molecule has 0 radical (unpaired) electrons. The Hall–Kier alpha value is -1.70. The third-order valence-electron chi connectivity index (χ3n) is 3.00. The highest BCUT2D eigenvalue weighted by molar-refractivity contribution is 14.0. The molecule has 2 aromatic carbocycles. The Morgan fingerprint density at radius 3 is 2.50 bits per heavy atom. The van der Waals surface area contributed by atoms with Crippen molar-refractivity contribution in [3.63, 3.8) is 0 Å². The minimum Gasteiger partial charge on any atom is -0.370 e. The van der Waals surface area contributed by atoms with Gasteiger partial charge in [-0.25, -0.2) is 8.78 Å². The van der Waals surface area contributed by atoms with Crippen molar-refractivity contribution in [2.45, 2.75) is 13.3 Å². The number of anilines is 1. The number of guanidine groups is 1. The van der Waals surface area contributed by atoms with Crippen LogP contribution in [-0.2, 0) is 6.42 Å². The summed E-state index contributed by atoms with van der Waals surface area (Å²) in [6, 6.07) is 11.1. The molecule has 118 valence electrons. The molecule has 0 amide bonds. The summed E-state index contributed by atoms with van der Waals surface area (Å²) >= 11 is 0. The maximum Gasteiger partial charge on any atom is 0.193 e. The molecule has 2 aromatic rings. The van der Waals surface area contributed by atoms with Crippen LogP contribution in [0.4, 0.5) is 14.5 Å². The first-order valence-electron chi connectivity index (χ1n) is 6.62. The lowest BCUT2D eigenvalue weighted by Crippen LogP contribution is -2.23. The van der Waals surface area contributed by atoms with Crippen molar-refractivity contribution in [3.8, 4) is 0 Å². The summed E-state index contributed by atoms with van der Waals surface area (Å²) in [6.07, 6.45) is 0.292. The second-order valence-electron chi connectivity index (χ2n) is 4.74. The number of hydrogen-bond acceptors (Lipinski definition) is 1. The number of halogens is 3. The maximum atomic E-state index is 13.4. The number of nitrogens with two attached hydrogens (primary N) is 1. The zero-order chi connectivity index (χ0) is 15.2. The summed E-state index contributed by atoms with van der Waals surface area (Å²) in [5.74, 6) is -0.645. The van der Waals surface area contributed by atoms with Crippen LogP contribution < -0.4 is 11.1 Å². The average Bonchev–Trinajstić information content (AvgIpc) is 2.45. The fourth-order valence-electron chi connectivity index (χ4n) is 1.86. The molecular weight excluding hydrogens is 399 g/mol. The van der Waals surface area contributed by atoms with E-state index in [1.807, 2.05) is 31.2 Å². The molecule has 2 rings (SSSR count). The molecule has 0 atom stereocenters. The zero-order valence-corrected chi connectivity index (χ0v) is 14.5. The Balaban J connectivity index is 0.00000242. The quantitative estimate of drug-likeness (QED) is 0.451. The maximum absolute atomic E-state index is 13.4. The number of nitrogens with zero attached hydrogens (tertiary/aromatic N) is 1. The molecule has 0 saturated carbocycles. The fourth-order valence-corrected chi connectivity index (χ4v) is 1.86. The molecule has 3 N–H and O–H groups in total. The Morgan fingerprint density at radius 1 is 1.14 bits per heavy atom. The number of aryl methyl sites for hydroxylation is 1. The lowest BCUT2D eigenvalue weighted by atomic mass is 10.1. The molecule has 0 aromatic heterocycles. The van der Waals surface area contributed by atoms with E-state index in [0.29, 0.717) is 12.0 Å². The first-order valence-corrected chi connectivity index (χ1v) is 6.62. The van der Waals surface area contributed by atoms with E-state index in [1.54, 1.807) is 0 Å². The van der Waals surface area contributed by atoms with Gasteiger partial charge in [0.15, 0.2) is 5.96 Å². The van der Waals surface area contributed by atoms with E-state index in [2.05, 4.69) is 10.3 Å². The SMILES string of the molecule is Cc1ccc(NC(N)=NCCc2cc(F)ccc2F)cc1.I. The molecule has 3 nitrogen and oxygen atoms in total. The first-order chi connectivity index (χ1) is 10.0. The van der Waals surface area contributed by atoms with Crippen molar-refractivity contribution in [1.82, 2.24) is 0 Å². The van der Waals surface area contributed by atoms with Gasteiger partial charge in [-0.2, -0.15) is 0 Å². The van der Waals surface area contributed by atoms with Gasteiger partial charge in [0.25, 0.3) is 0 Å². The molecule has 0 bridgehead atoms. The van der Waals surface area contributed by atoms with E-state index in [0.717, 1.165) is 23.4 Å². The molecule has 0 aliphatic rings. The number of rotatable bonds is 4. The largest absolute Gasteiger partial charge is 0.370 e. The van der Waals surface area contributed by atoms with Gasteiger partial charge in [-0.3, -0.25) is 4.99 Å². The summed E-state index contributed by atoms with van der Waals surface area (Å²) in [4.78, 5) is 4.10. The molecule has 0 saturated heterocycles. The minimum absolute atomic E-state index is 0. The van der Waals surface area contributed by atoms with E-state index in [4.69, 9.17) is 5.73 Å². The normalized spacial score (nSPS) is 11.0. The van der Waals surface area contributed by atoms with Crippen LogP contribution >= 0.6 is 24.0 Å². The van der Waals surface area contributed by atoms with Crippen LogP contribution in [0.25, 0.3) is 0 Å². The van der Waals surface area contributed by atoms with E-state index in [-0.39, 0.29) is 36.5 Å². The standard InChI is InChI=1S/C16H17F2N3.HI/c1-11-2-5-14(6-3-11)21-16(19)20-9-8-12-10-13(17)4-7-15(12)18;/h2-7,10H,8-9H2,1H3,(H3,19,20,21);1H. The van der Waals surface area contributed by atoms with E-state index < -0.39 is 11.6 Å². The monoisotopic (exact) mass is 417 g/mol. The van der Waals surface area contributed by atoms with Crippen LogP contribution in [0, 0.1) is 18.6 Å². The Bertz CT molecular complexity index is 642. The van der Waals surface area contributed by atoms with Gasteiger partial charge in [-0.05, 0) is 49.2 Å². The van der Waals surface area contributed by atoms with Gasteiger partial charge in [0.2, 0.25) is 0 Å². The Labute approximate surface area is 145 Å². The third-order valence-corrected chi connectivity index (χ3v) is 3.00. The Kier molecular flexibility index (Phi) is 7.23. The molecule has 0 unspecified atom stereocenters. The van der Waals surface area contributed by atoms with Crippen LogP contribution in [0.3, 0.4) is 0 Å². The summed E-state index contributed by atoms with van der Waals surface area (Å²) in [7, 11) is 0. The van der Waals surface area contributed by atoms with Crippen molar-refractivity contribution in [1.29, 1.82) is 0 Å². The van der Waals surface area contributed by atoms with Crippen molar-refractivity contribution in [2.75, 3.05) is 11.9 Å². The highest BCUT2D eigenvalue weighted by Gasteiger charge is 2.03. The molecule has 22 heavy (non-hydrogen) atoms. The third kappa shape index (κ3) is 5.59. The number of benzene rings is 2. The summed E-state index contributed by atoms with van der Waals surface area (Å²) in [5, 5.41) is 2.94. The van der Waals surface area contributed by atoms with Gasteiger partial charge in [0.05, 0.1) is 0 Å². The highest BCUT2D eigenvalue weighted by Crippen LogP contribution is 2.11. The van der Waals surface area contributed by atoms with Crippen LogP contribution in [0.5, 0.6) is 0 Å². The number of aliphatic imine (C=N–C) groups is 1. The minimum atomic E-state index is -0.457. The smallest absolute Gasteiger partial charge is 0.193 e. The molecular formula is C16H18F2IN3. The molecule has 0 aliphatic heterocycles. The van der Waals surface area contributed by atoms with Gasteiger partial charge in [0.1, 0.15) is 11.6 Å². The number of nitrogens with one attached hydrogen (secondary N) is 1. The van der Waals surface area contributed by atoms with Gasteiger partial charge >= 0.3 is 0 Å². The second-order valence-corrected chi connectivity index (χ2v) is 4.74. The van der Waals surface area contributed by atoms with Crippen molar-refractivity contribution < 1.29 is 8.78 Å². The van der Waals surface area contributed by atoms with Gasteiger partial charge in [0, 0.05) is 12.2 Å². The molecule has 0 fully saturated rings. The summed E-state index contributed by atoms with van der Waals surface area (Å²) in [5.41, 5.74) is 8.02. The van der Waals surface area contributed by atoms with Gasteiger partial charge in [-0.1, -0.05) is 17.7 Å². The van der Waals surface area contributed by atoms with Gasteiger partial charge in [-0.15, -0.1) is 24.0 Å². The van der Waals surface area contributed by atoms with Crippen LogP contribution in [0.15, 0.2) is 47.5 Å². The second kappa shape index (κ2) is 8.67. The predicted molar refractivity (Wildman–Crippen MR) is 96.8 cm³/mol. The lowest BCUT2D eigenvalue weighted by molar-refractivity contribution is 0.585. The van der Waals surface area contributed by atoms with Crippen LogP contribution in [-0.4, -0.2) is 12.5 Å². The average molecular weight is 417 g/mol. The highest BCUT2D eigenvalue weighted by atomic mass is 127. The molecule has 0 aliphatic carbocycles. The molecule has 0 heterocycles. The Morgan fingerprint density at radius 2 is 1.82 bits per heavy atom. The lowest BCUT2D eigenvalue weighted by Gasteiger charge is -2.06. The van der Waals surface area contributed by atoms with Crippen molar-refractivity contribution in [2.24, 2.45) is 10.7 Å². The number of hydrogen-bond donors (Lipinski definition) is 2. The van der Waals surface area contributed by atoms with Crippen LogP contribution in [0.1, 0.15) is 11.1 Å². The van der Waals surface area contributed by atoms with E-state index in [9.17, 15) is 8.78 Å². The van der Waals surface area contributed by atoms with E-state index in [1.165, 1.54) is 6.07 Å². The van der Waals surface area contributed by atoms with Crippen molar-refractivity contribution >= 4 is 35.6 Å². The van der Waals surface area contributed by atoms with Gasteiger partial charge < -0.3 is 11.1 Å². The van der Waals surface area contributed by atoms with E-state index >= 15 is 0 Å².